The number of benzene rings is 1. The number of hydrogen-bond donors (Lipinski definition) is 0. The maximum absolute atomic E-state index is 13.9. The highest BCUT2D eigenvalue weighted by Gasteiger charge is 2.25. The van der Waals surface area contributed by atoms with Crippen LogP contribution in [0.3, 0.4) is 0 Å². The SMILES string of the molecule is CCCCCCCCCCc1ccc(C(=O)OCCCCCCCCC)c(C(=O)OCCCCCCCCC)c1CCCCCCCCCC. The molecule has 0 radical (unpaired) electrons. The second kappa shape index (κ2) is 34.3. The molecular formula is C46H82O4. The van der Waals surface area contributed by atoms with Crippen molar-refractivity contribution in [1.82, 2.24) is 0 Å². The average molecular weight is 699 g/mol. The first-order valence-corrected chi connectivity index (χ1v) is 22.1. The van der Waals surface area contributed by atoms with E-state index in [1.807, 2.05) is 6.07 Å². The second-order valence-electron chi connectivity index (χ2n) is 15.1. The van der Waals surface area contributed by atoms with Gasteiger partial charge in [-0.3, -0.25) is 0 Å². The molecule has 290 valence electrons. The number of hydrogen-bond acceptors (Lipinski definition) is 4. The molecule has 0 spiro atoms. The summed E-state index contributed by atoms with van der Waals surface area (Å²) in [5.41, 5.74) is 3.18. The van der Waals surface area contributed by atoms with Crippen LogP contribution in [0.15, 0.2) is 12.1 Å². The molecule has 4 nitrogen and oxygen atoms in total. The van der Waals surface area contributed by atoms with Crippen LogP contribution in [0.1, 0.15) is 252 Å². The van der Waals surface area contributed by atoms with E-state index in [1.165, 1.54) is 153 Å². The van der Waals surface area contributed by atoms with Gasteiger partial charge in [-0.05, 0) is 55.7 Å². The summed E-state index contributed by atoms with van der Waals surface area (Å²) in [7, 11) is 0. The van der Waals surface area contributed by atoms with Crippen LogP contribution in [-0.4, -0.2) is 25.2 Å². The lowest BCUT2D eigenvalue weighted by atomic mass is 9.89. The van der Waals surface area contributed by atoms with Gasteiger partial charge < -0.3 is 9.47 Å². The van der Waals surface area contributed by atoms with Gasteiger partial charge in [-0.2, -0.15) is 0 Å². The van der Waals surface area contributed by atoms with E-state index in [9.17, 15) is 9.59 Å². The lowest BCUT2D eigenvalue weighted by Crippen LogP contribution is -2.19. The molecule has 0 N–H and O–H groups in total. The minimum absolute atomic E-state index is 0.328. The summed E-state index contributed by atoms with van der Waals surface area (Å²) in [6.07, 6.45) is 38.4. The van der Waals surface area contributed by atoms with Gasteiger partial charge in [0.2, 0.25) is 0 Å². The van der Waals surface area contributed by atoms with Crippen molar-refractivity contribution in [1.29, 1.82) is 0 Å². The second-order valence-corrected chi connectivity index (χ2v) is 15.1. The molecule has 0 aliphatic carbocycles. The summed E-state index contributed by atoms with van der Waals surface area (Å²) >= 11 is 0. The molecular weight excluding hydrogens is 617 g/mol. The third-order valence-electron chi connectivity index (χ3n) is 10.4. The molecule has 0 unspecified atom stereocenters. The van der Waals surface area contributed by atoms with Gasteiger partial charge in [0, 0.05) is 0 Å². The number of aryl methyl sites for hydroxylation is 1. The molecule has 50 heavy (non-hydrogen) atoms. The van der Waals surface area contributed by atoms with Crippen molar-refractivity contribution in [2.75, 3.05) is 13.2 Å². The van der Waals surface area contributed by atoms with Gasteiger partial charge in [-0.25, -0.2) is 9.59 Å². The van der Waals surface area contributed by atoms with Crippen molar-refractivity contribution in [3.8, 4) is 0 Å². The molecule has 0 saturated carbocycles. The first-order chi connectivity index (χ1) is 24.6. The molecule has 0 fully saturated rings. The average Bonchev–Trinajstić information content (AvgIpc) is 3.12. The standard InChI is InChI=1S/C46H82O4/c1-5-9-13-17-21-23-27-31-35-41-37-38-43(45(47)49-39-33-29-25-19-15-11-7-3)44(42(41)36-32-28-24-22-18-14-10-6-2)46(48)50-40-34-30-26-20-16-12-8-4/h37-38H,5-36,39-40H2,1-4H3. The van der Waals surface area contributed by atoms with Crippen LogP contribution in [0.2, 0.25) is 0 Å². The van der Waals surface area contributed by atoms with Crippen molar-refractivity contribution in [3.05, 3.63) is 34.4 Å². The Hall–Kier alpha value is -1.84. The molecule has 1 aromatic carbocycles. The van der Waals surface area contributed by atoms with Gasteiger partial charge in [-0.1, -0.05) is 201 Å². The summed E-state index contributed by atoms with van der Waals surface area (Å²) < 4.78 is 11.8. The zero-order valence-corrected chi connectivity index (χ0v) is 33.8. The van der Waals surface area contributed by atoms with Gasteiger partial charge in [0.05, 0.1) is 24.3 Å². The number of carbonyl (C=O) groups is 2. The Morgan fingerprint density at radius 1 is 0.400 bits per heavy atom. The molecule has 0 aliphatic rings. The molecule has 1 rings (SSSR count). The Balaban J connectivity index is 3.04. The van der Waals surface area contributed by atoms with Crippen LogP contribution >= 0.6 is 0 Å². The molecule has 0 aliphatic heterocycles. The van der Waals surface area contributed by atoms with E-state index in [4.69, 9.17) is 9.47 Å². The third-order valence-corrected chi connectivity index (χ3v) is 10.4. The van der Waals surface area contributed by atoms with E-state index in [1.54, 1.807) is 0 Å². The van der Waals surface area contributed by atoms with Crippen molar-refractivity contribution in [3.63, 3.8) is 0 Å². The Labute approximate surface area is 311 Å². The predicted octanol–water partition coefficient (Wildman–Crippen LogP) is 14.9. The Morgan fingerprint density at radius 2 is 0.740 bits per heavy atom. The lowest BCUT2D eigenvalue weighted by Gasteiger charge is -2.18. The Bertz CT molecular complexity index is 938. The Kier molecular flexibility index (Phi) is 31.6. The summed E-state index contributed by atoms with van der Waals surface area (Å²) in [5.74, 6) is -0.694. The van der Waals surface area contributed by atoms with Gasteiger partial charge in [-0.15, -0.1) is 0 Å². The highest BCUT2D eigenvalue weighted by Crippen LogP contribution is 2.27. The van der Waals surface area contributed by atoms with E-state index in [-0.39, 0.29) is 11.9 Å². The predicted molar refractivity (Wildman–Crippen MR) is 216 cm³/mol. The van der Waals surface area contributed by atoms with Gasteiger partial charge >= 0.3 is 11.9 Å². The smallest absolute Gasteiger partial charge is 0.339 e. The molecule has 0 heterocycles. The third kappa shape index (κ3) is 23.6. The highest BCUT2D eigenvalue weighted by molar-refractivity contribution is 6.04. The van der Waals surface area contributed by atoms with Crippen LogP contribution in [0, 0.1) is 0 Å². The fraction of sp³-hybridized carbons (Fsp3) is 0.826. The molecule has 0 atom stereocenters. The summed E-state index contributed by atoms with van der Waals surface area (Å²) in [4.78, 5) is 27.5. The number of esters is 2. The van der Waals surface area contributed by atoms with Gasteiger partial charge in [0.25, 0.3) is 0 Å². The minimum atomic E-state index is -0.366. The molecule has 0 aromatic heterocycles. The maximum atomic E-state index is 13.9. The largest absolute Gasteiger partial charge is 0.462 e. The monoisotopic (exact) mass is 699 g/mol. The molecule has 0 bridgehead atoms. The number of unbranched alkanes of at least 4 members (excludes halogenated alkanes) is 26. The first-order valence-electron chi connectivity index (χ1n) is 22.1. The highest BCUT2D eigenvalue weighted by atomic mass is 16.5. The topological polar surface area (TPSA) is 52.6 Å². The minimum Gasteiger partial charge on any atom is -0.462 e. The van der Waals surface area contributed by atoms with Crippen LogP contribution < -0.4 is 0 Å². The van der Waals surface area contributed by atoms with Crippen LogP contribution in [-0.2, 0) is 22.3 Å². The lowest BCUT2D eigenvalue weighted by molar-refractivity contribution is 0.0449. The number of rotatable bonds is 36. The first kappa shape index (κ1) is 46.2. The van der Waals surface area contributed by atoms with Crippen molar-refractivity contribution >= 4 is 11.9 Å². The zero-order valence-electron chi connectivity index (χ0n) is 33.8. The van der Waals surface area contributed by atoms with Crippen LogP contribution in [0.5, 0.6) is 0 Å². The van der Waals surface area contributed by atoms with E-state index in [0.717, 1.165) is 63.4 Å². The van der Waals surface area contributed by atoms with Gasteiger partial charge in [0.15, 0.2) is 0 Å². The number of ether oxygens (including phenoxy) is 2. The van der Waals surface area contributed by atoms with Crippen LogP contribution in [0.4, 0.5) is 0 Å². The summed E-state index contributed by atoms with van der Waals surface area (Å²) in [5, 5.41) is 0. The number of carbonyl (C=O) groups excluding carboxylic acids is 2. The molecule has 1 aromatic rings. The quantitative estimate of drug-likeness (QED) is 0.0517. The van der Waals surface area contributed by atoms with E-state index in [2.05, 4.69) is 33.8 Å². The van der Waals surface area contributed by atoms with E-state index >= 15 is 0 Å². The Morgan fingerprint density at radius 3 is 1.16 bits per heavy atom. The fourth-order valence-electron chi connectivity index (χ4n) is 7.10. The maximum Gasteiger partial charge on any atom is 0.339 e. The van der Waals surface area contributed by atoms with Gasteiger partial charge in [0.1, 0.15) is 0 Å². The molecule has 0 amide bonds. The van der Waals surface area contributed by atoms with Crippen molar-refractivity contribution in [2.24, 2.45) is 0 Å². The normalized spacial score (nSPS) is 11.3. The molecule has 4 heteroatoms. The van der Waals surface area contributed by atoms with E-state index < -0.39 is 0 Å². The van der Waals surface area contributed by atoms with Crippen molar-refractivity contribution < 1.29 is 19.1 Å². The van der Waals surface area contributed by atoms with Crippen LogP contribution in [0.25, 0.3) is 0 Å². The summed E-state index contributed by atoms with van der Waals surface area (Å²) in [6.45, 7) is 9.84. The van der Waals surface area contributed by atoms with Crippen molar-refractivity contribution in [2.45, 2.75) is 233 Å². The summed E-state index contributed by atoms with van der Waals surface area (Å²) in [6, 6.07) is 3.99. The fourth-order valence-corrected chi connectivity index (χ4v) is 7.10. The van der Waals surface area contributed by atoms with E-state index in [0.29, 0.717) is 24.3 Å². The molecule has 0 saturated heterocycles. The zero-order chi connectivity index (χ0) is 36.3.